The van der Waals surface area contributed by atoms with Crippen molar-refractivity contribution in [1.29, 1.82) is 0 Å². The zero-order valence-electron chi connectivity index (χ0n) is 59.8. The molecule has 0 aromatic carbocycles. The van der Waals surface area contributed by atoms with E-state index in [1.54, 1.807) is 81.5 Å². The minimum Gasteiger partial charge on any atom is -0.480 e. The monoisotopic (exact) mass is 1290 g/mol. The molecule has 91 heavy (non-hydrogen) atoms. The first-order valence-corrected chi connectivity index (χ1v) is 32.8. The van der Waals surface area contributed by atoms with E-state index in [2.05, 4.69) is 16.0 Å². The number of aliphatic carboxylic acids is 1. The normalized spacial score (nSPS) is 16.5. The van der Waals surface area contributed by atoms with Crippen molar-refractivity contribution in [2.45, 2.75) is 242 Å². The second-order valence-electron chi connectivity index (χ2n) is 27.1. The Balaban J connectivity index is 6.94. The molecule has 24 nitrogen and oxygen atoms in total. The number of nitrogens with one attached hydrogen (secondary N) is 3. The third-order valence-electron chi connectivity index (χ3n) is 17.3. The number of carbonyl (C=O) groups excluding carboxylic acids is 10. The van der Waals surface area contributed by atoms with Crippen LogP contribution in [0.5, 0.6) is 0 Å². The highest BCUT2D eigenvalue weighted by Gasteiger charge is 2.46. The molecule has 0 aliphatic rings. The summed E-state index contributed by atoms with van der Waals surface area (Å²) in [6.45, 7) is 29.9. The molecule has 0 aromatic heterocycles. The standard InChI is InChI=1S/C67H121N9O15/c1-25-27-30-43(13)58(80)57(60(82)70-49(26-2)67(89)90)76(24)66(88)55(42(11)12)74(22)65(87)52(35-40(7)8)73(21)64(86)51(34-39(5)6)72(20)62(84)46(16)69-59(81)44(14)36-53(78)50(33-38(3)4)71(19)63(85)48(41(9)10)37-54(79)56(47(17)91-32-29-28-31-77)75(23)61(83)45(15)68-18/h25,27,38-52,55-58,68,77,80H,26,28-37H2,1-24H3,(H,69,81)(H,70,82)(H,89,90)/b27-25+/t43-,44-,45-,46-,47+,48+,49+,50+,51+,52+,55+,56+,57+,58-/m1/s1. The Morgan fingerprint density at radius 3 is 1.43 bits per heavy atom. The van der Waals surface area contributed by atoms with Crippen molar-refractivity contribution in [3.8, 4) is 0 Å². The molecule has 0 fully saturated rings. The number of ether oxygens (including phenoxy) is 1. The molecule has 0 spiro atoms. The summed E-state index contributed by atoms with van der Waals surface area (Å²) >= 11 is 0. The van der Waals surface area contributed by atoms with Crippen molar-refractivity contribution in [3.63, 3.8) is 0 Å². The van der Waals surface area contributed by atoms with E-state index in [-0.39, 0.29) is 81.3 Å². The smallest absolute Gasteiger partial charge is 0.326 e. The first-order chi connectivity index (χ1) is 42.1. The molecule has 0 radical (unpaired) electrons. The quantitative estimate of drug-likeness (QED) is 0.0353. The molecule has 0 unspecified atom stereocenters. The van der Waals surface area contributed by atoms with E-state index in [9.17, 15) is 63.3 Å². The molecule has 6 N–H and O–H groups in total. The Morgan fingerprint density at radius 2 is 0.978 bits per heavy atom. The fourth-order valence-corrected chi connectivity index (χ4v) is 11.4. The van der Waals surface area contributed by atoms with E-state index in [1.165, 1.54) is 80.6 Å². The van der Waals surface area contributed by atoms with Gasteiger partial charge in [-0.25, -0.2) is 4.79 Å². The van der Waals surface area contributed by atoms with Crippen LogP contribution < -0.4 is 16.0 Å². The van der Waals surface area contributed by atoms with E-state index in [4.69, 9.17) is 4.74 Å². The number of rotatable bonds is 43. The van der Waals surface area contributed by atoms with Crippen LogP contribution in [0.3, 0.4) is 0 Å². The molecule has 0 rings (SSSR count). The number of carbonyl (C=O) groups is 11. The SMILES string of the molecule is C/C=C/C[C@@H](C)[C@@H](O)[C@@H](C(=O)N[C@@H](CC)C(=O)O)N(C)C(=O)[C@H](C(C)C)N(C)C(=O)[C@H](CC(C)C)N(C)C(=O)[C@H](CC(C)C)N(C)C(=O)[C@@H](C)NC(=O)[C@H](C)CC(=O)[C@H](CC(C)C)N(C)C(=O)[C@@H](CC(=O)[C@H]([C@H](C)OCCCCO)N(C)C(=O)[C@@H](C)NC)C(C)C. The summed E-state index contributed by atoms with van der Waals surface area (Å²) < 4.78 is 6.01. The highest BCUT2D eigenvalue weighted by molar-refractivity contribution is 5.99. The van der Waals surface area contributed by atoms with Gasteiger partial charge in [-0.3, -0.25) is 47.9 Å². The van der Waals surface area contributed by atoms with Crippen LogP contribution in [0.1, 0.15) is 175 Å². The van der Waals surface area contributed by atoms with Gasteiger partial charge < -0.3 is 65.4 Å². The van der Waals surface area contributed by atoms with Crippen molar-refractivity contribution in [2.75, 3.05) is 62.5 Å². The average molecular weight is 1290 g/mol. The molecular formula is C67H121N9O15. The maximum Gasteiger partial charge on any atom is 0.326 e. The maximum atomic E-state index is 15.0. The zero-order valence-corrected chi connectivity index (χ0v) is 59.8. The molecule has 0 bridgehead atoms. The summed E-state index contributed by atoms with van der Waals surface area (Å²) in [4.78, 5) is 164. The molecule has 524 valence electrons. The number of Topliss-reactive ketones (excluding diaryl/α,β-unsaturated/α-hetero) is 2. The summed E-state index contributed by atoms with van der Waals surface area (Å²) in [5.41, 5.74) is 0. The van der Waals surface area contributed by atoms with E-state index in [1.807, 2.05) is 41.5 Å². The zero-order chi connectivity index (χ0) is 70.8. The summed E-state index contributed by atoms with van der Waals surface area (Å²) in [5, 5.41) is 38.9. The van der Waals surface area contributed by atoms with Gasteiger partial charge in [0.05, 0.1) is 24.3 Å². The van der Waals surface area contributed by atoms with Crippen LogP contribution in [-0.4, -0.2) is 239 Å². The fourth-order valence-electron chi connectivity index (χ4n) is 11.4. The van der Waals surface area contributed by atoms with Crippen LogP contribution >= 0.6 is 0 Å². The van der Waals surface area contributed by atoms with Gasteiger partial charge in [0.25, 0.3) is 0 Å². The average Bonchev–Trinajstić information content (AvgIpc) is 0.878. The minimum absolute atomic E-state index is 0.0278. The third-order valence-corrected chi connectivity index (χ3v) is 17.3. The van der Waals surface area contributed by atoms with Crippen LogP contribution in [0.25, 0.3) is 0 Å². The van der Waals surface area contributed by atoms with E-state index in [0.717, 1.165) is 4.90 Å². The summed E-state index contributed by atoms with van der Waals surface area (Å²) in [7, 11) is 10.3. The van der Waals surface area contributed by atoms with Gasteiger partial charge in [0.2, 0.25) is 47.3 Å². The topological polar surface area (TPSA) is 313 Å². The first kappa shape index (κ1) is 85.2. The van der Waals surface area contributed by atoms with Gasteiger partial charge in [-0.1, -0.05) is 102 Å². The molecule has 8 amide bonds. The molecular weight excluding hydrogens is 1170 g/mol. The van der Waals surface area contributed by atoms with Crippen LogP contribution in [0.4, 0.5) is 0 Å². The molecule has 0 aliphatic heterocycles. The van der Waals surface area contributed by atoms with Crippen LogP contribution in [0.15, 0.2) is 12.2 Å². The Bertz CT molecular complexity index is 2400. The molecule has 24 heteroatoms. The number of hydrogen-bond donors (Lipinski definition) is 6. The van der Waals surface area contributed by atoms with Crippen LogP contribution in [0.2, 0.25) is 0 Å². The predicted octanol–water partition coefficient (Wildman–Crippen LogP) is 4.80. The first-order valence-electron chi connectivity index (χ1n) is 32.8. The van der Waals surface area contributed by atoms with Crippen LogP contribution in [0, 0.1) is 47.3 Å². The number of aliphatic hydroxyl groups is 2. The van der Waals surface area contributed by atoms with Crippen LogP contribution in [-0.2, 0) is 57.5 Å². The lowest BCUT2D eigenvalue weighted by Crippen LogP contribution is -2.63. The second kappa shape index (κ2) is 41.0. The lowest BCUT2D eigenvalue weighted by atomic mass is 9.85. The number of hydrogen-bond acceptors (Lipinski definition) is 15. The van der Waals surface area contributed by atoms with Gasteiger partial charge in [0.1, 0.15) is 42.3 Å². The third kappa shape index (κ3) is 25.9. The lowest BCUT2D eigenvalue weighted by molar-refractivity contribution is -0.157. The number of carboxylic acid groups (broad SMARTS) is 1. The molecule has 0 aromatic rings. The number of ketones is 2. The second-order valence-corrected chi connectivity index (χ2v) is 27.1. The molecule has 14 atom stereocenters. The van der Waals surface area contributed by atoms with E-state index in [0.29, 0.717) is 19.3 Å². The number of nitrogens with zero attached hydrogens (tertiary/aromatic N) is 6. The van der Waals surface area contributed by atoms with Gasteiger partial charge in [-0.15, -0.1) is 0 Å². The largest absolute Gasteiger partial charge is 0.480 e. The maximum absolute atomic E-state index is 15.0. The van der Waals surface area contributed by atoms with Crippen molar-refractivity contribution in [3.05, 3.63) is 12.2 Å². The Kier molecular flexibility index (Phi) is 38.3. The van der Waals surface area contributed by atoms with Crippen molar-refractivity contribution < 1.29 is 72.8 Å². The number of allylic oxidation sites excluding steroid dienone is 2. The number of unbranched alkanes of at least 4 members (excludes halogenated alkanes) is 1. The number of carboxylic acids is 1. The Hall–Kier alpha value is -5.85. The molecule has 0 aliphatic carbocycles. The highest BCUT2D eigenvalue weighted by Crippen LogP contribution is 2.28. The molecule has 0 heterocycles. The summed E-state index contributed by atoms with van der Waals surface area (Å²) in [5.74, 6) is -10.8. The number of amides is 8. The molecule has 0 saturated carbocycles. The predicted molar refractivity (Wildman–Crippen MR) is 352 cm³/mol. The van der Waals surface area contributed by atoms with Crippen molar-refractivity contribution in [2.24, 2.45) is 47.3 Å². The fraction of sp³-hybridized carbons (Fsp3) is 0.806. The minimum atomic E-state index is -1.56. The van der Waals surface area contributed by atoms with Gasteiger partial charge in [0, 0.05) is 80.2 Å². The van der Waals surface area contributed by atoms with Gasteiger partial charge in [-0.2, -0.15) is 0 Å². The number of aliphatic hydroxyl groups excluding tert-OH is 2. The Labute approximate surface area is 545 Å². The van der Waals surface area contributed by atoms with Gasteiger partial charge in [-0.05, 0) is 115 Å². The van der Waals surface area contributed by atoms with Gasteiger partial charge >= 0.3 is 5.97 Å². The van der Waals surface area contributed by atoms with E-state index < -0.39 is 149 Å². The summed E-state index contributed by atoms with van der Waals surface area (Å²) in [6.07, 6.45) is 2.70. The van der Waals surface area contributed by atoms with Crippen molar-refractivity contribution in [1.82, 2.24) is 45.3 Å². The van der Waals surface area contributed by atoms with Gasteiger partial charge in [0.15, 0.2) is 11.6 Å². The summed E-state index contributed by atoms with van der Waals surface area (Å²) in [6, 6.07) is -10.3. The number of likely N-dealkylation sites (N-methyl/N-ethyl adjacent to an activating group) is 7. The van der Waals surface area contributed by atoms with E-state index >= 15 is 4.79 Å². The lowest BCUT2D eigenvalue weighted by Gasteiger charge is -2.41. The highest BCUT2D eigenvalue weighted by atomic mass is 16.5. The molecule has 0 saturated heterocycles. The Morgan fingerprint density at radius 1 is 0.516 bits per heavy atom. The van der Waals surface area contributed by atoms with Crippen molar-refractivity contribution >= 4 is 64.8 Å².